The number of amides is 2. The molecule has 138 valence electrons. The normalized spacial score (nSPS) is 18.8. The average molecular weight is 357 g/mol. The molecule has 2 fully saturated rings. The van der Waals surface area contributed by atoms with Gasteiger partial charge in [-0.2, -0.15) is 5.10 Å². The van der Waals surface area contributed by atoms with Crippen molar-refractivity contribution in [1.29, 1.82) is 0 Å². The van der Waals surface area contributed by atoms with Crippen LogP contribution >= 0.6 is 0 Å². The van der Waals surface area contributed by atoms with Crippen LogP contribution in [0.15, 0.2) is 23.0 Å². The smallest absolute Gasteiger partial charge is 0.259 e. The van der Waals surface area contributed by atoms with Crippen molar-refractivity contribution in [3.8, 4) is 0 Å². The summed E-state index contributed by atoms with van der Waals surface area (Å²) in [6.07, 6.45) is 6.23. The van der Waals surface area contributed by atoms with Crippen LogP contribution in [0.1, 0.15) is 41.0 Å². The first-order chi connectivity index (χ1) is 12.6. The molecule has 8 nitrogen and oxygen atoms in total. The van der Waals surface area contributed by atoms with Crippen molar-refractivity contribution in [2.45, 2.75) is 32.6 Å². The number of nitrogens with zero attached hydrogens (tertiary/aromatic N) is 4. The van der Waals surface area contributed by atoms with Gasteiger partial charge in [-0.25, -0.2) is 0 Å². The highest BCUT2D eigenvalue weighted by Crippen LogP contribution is 2.41. The summed E-state index contributed by atoms with van der Waals surface area (Å²) >= 11 is 0. The molecule has 2 saturated heterocycles. The van der Waals surface area contributed by atoms with Crippen molar-refractivity contribution in [2.24, 2.45) is 5.41 Å². The number of aromatic amines is 1. The Labute approximate surface area is 151 Å². The number of aryl methyl sites for hydroxylation is 2. The summed E-state index contributed by atoms with van der Waals surface area (Å²) in [7, 11) is 0. The standard InChI is InChI=1S/C18H23N5O3/c1-13-15(10-26-21-13)17(25)23-11-18(12-23)5-8-22(9-6-18)16(24)3-2-14-4-7-19-20-14/h4,7,10H,2-3,5-6,8-9,11-12H2,1H3,(H,19,20). The highest BCUT2D eigenvalue weighted by molar-refractivity contribution is 5.95. The van der Waals surface area contributed by atoms with Gasteiger partial charge >= 0.3 is 0 Å². The number of piperidine rings is 1. The van der Waals surface area contributed by atoms with Crippen molar-refractivity contribution >= 4 is 11.8 Å². The fourth-order valence-corrected chi connectivity index (χ4v) is 3.95. The van der Waals surface area contributed by atoms with Crippen LogP contribution in [0, 0.1) is 12.3 Å². The average Bonchev–Trinajstić information content (AvgIpc) is 3.28. The number of rotatable bonds is 4. The minimum Gasteiger partial charge on any atom is -0.364 e. The molecule has 2 aliphatic heterocycles. The molecular weight excluding hydrogens is 334 g/mol. The van der Waals surface area contributed by atoms with Crippen LogP contribution in [0.25, 0.3) is 0 Å². The van der Waals surface area contributed by atoms with Gasteiger partial charge in [0.05, 0.1) is 5.69 Å². The van der Waals surface area contributed by atoms with Crippen LogP contribution in [0.3, 0.4) is 0 Å². The fourth-order valence-electron chi connectivity index (χ4n) is 3.95. The van der Waals surface area contributed by atoms with Crippen LogP contribution in [0.4, 0.5) is 0 Å². The topological polar surface area (TPSA) is 95.3 Å². The predicted molar refractivity (Wildman–Crippen MR) is 92.3 cm³/mol. The molecule has 0 aromatic carbocycles. The number of hydrogen-bond donors (Lipinski definition) is 1. The fraction of sp³-hybridized carbons (Fsp3) is 0.556. The molecule has 0 atom stereocenters. The largest absolute Gasteiger partial charge is 0.364 e. The number of H-pyrrole nitrogens is 1. The number of aromatic nitrogens is 3. The van der Waals surface area contributed by atoms with Crippen LogP contribution in [-0.2, 0) is 11.2 Å². The van der Waals surface area contributed by atoms with Gasteiger partial charge in [-0.15, -0.1) is 0 Å². The molecule has 2 aromatic heterocycles. The zero-order chi connectivity index (χ0) is 18.1. The van der Waals surface area contributed by atoms with Gasteiger partial charge in [0.15, 0.2) is 0 Å². The zero-order valence-electron chi connectivity index (χ0n) is 14.9. The van der Waals surface area contributed by atoms with E-state index in [1.54, 1.807) is 13.1 Å². The summed E-state index contributed by atoms with van der Waals surface area (Å²) in [6.45, 7) is 4.84. The first kappa shape index (κ1) is 16.8. The molecule has 0 radical (unpaired) electrons. The van der Waals surface area contributed by atoms with Crippen LogP contribution in [0.2, 0.25) is 0 Å². The van der Waals surface area contributed by atoms with Crippen molar-refractivity contribution in [1.82, 2.24) is 25.2 Å². The first-order valence-electron chi connectivity index (χ1n) is 9.03. The van der Waals surface area contributed by atoms with Gasteiger partial charge in [0.25, 0.3) is 5.91 Å². The monoisotopic (exact) mass is 357 g/mol. The number of likely N-dealkylation sites (tertiary alicyclic amines) is 2. The Kier molecular flexibility index (Phi) is 4.26. The second-order valence-electron chi connectivity index (χ2n) is 7.44. The molecule has 0 aliphatic carbocycles. The van der Waals surface area contributed by atoms with Crippen LogP contribution in [-0.4, -0.2) is 63.1 Å². The Bertz CT molecular complexity index is 782. The summed E-state index contributed by atoms with van der Waals surface area (Å²) in [5.74, 6) is 0.189. The van der Waals surface area contributed by atoms with E-state index in [0.29, 0.717) is 24.1 Å². The van der Waals surface area contributed by atoms with Gasteiger partial charge in [0.1, 0.15) is 11.8 Å². The van der Waals surface area contributed by atoms with E-state index < -0.39 is 0 Å². The molecule has 0 saturated carbocycles. The number of carbonyl (C=O) groups excluding carboxylic acids is 2. The van der Waals surface area contributed by atoms with E-state index in [-0.39, 0.29) is 17.2 Å². The predicted octanol–water partition coefficient (Wildman–Crippen LogP) is 1.40. The number of nitrogens with one attached hydrogen (secondary N) is 1. The Hall–Kier alpha value is -2.64. The second-order valence-corrected chi connectivity index (χ2v) is 7.44. The summed E-state index contributed by atoms with van der Waals surface area (Å²) < 4.78 is 4.86. The van der Waals surface area contributed by atoms with Crippen molar-refractivity contribution in [3.63, 3.8) is 0 Å². The lowest BCUT2D eigenvalue weighted by Crippen LogP contribution is -2.62. The van der Waals surface area contributed by atoms with Crippen molar-refractivity contribution < 1.29 is 14.1 Å². The molecule has 2 aromatic rings. The SMILES string of the molecule is Cc1nocc1C(=O)N1CC2(CCN(C(=O)CCc3ccn[nH]3)CC2)C1. The maximum absolute atomic E-state index is 12.5. The van der Waals surface area contributed by atoms with Gasteiger partial charge < -0.3 is 14.3 Å². The lowest BCUT2D eigenvalue weighted by Gasteiger charge is -2.53. The third-order valence-corrected chi connectivity index (χ3v) is 5.66. The summed E-state index contributed by atoms with van der Waals surface area (Å²) in [6, 6.07) is 1.90. The molecule has 0 bridgehead atoms. The molecule has 0 unspecified atom stereocenters. The lowest BCUT2D eigenvalue weighted by molar-refractivity contribution is -0.135. The van der Waals surface area contributed by atoms with Gasteiger partial charge in [0.2, 0.25) is 5.91 Å². The maximum atomic E-state index is 12.5. The molecular formula is C18H23N5O3. The molecule has 2 aliphatic rings. The maximum Gasteiger partial charge on any atom is 0.259 e. The zero-order valence-corrected chi connectivity index (χ0v) is 14.9. The number of carbonyl (C=O) groups is 2. The molecule has 1 N–H and O–H groups in total. The quantitative estimate of drug-likeness (QED) is 0.892. The third-order valence-electron chi connectivity index (χ3n) is 5.66. The van der Waals surface area contributed by atoms with E-state index in [0.717, 1.165) is 44.7 Å². The van der Waals surface area contributed by atoms with Crippen LogP contribution < -0.4 is 0 Å². The minimum absolute atomic E-state index is 0.00700. The molecule has 1 spiro atoms. The molecule has 4 heterocycles. The van der Waals surface area contributed by atoms with E-state index in [4.69, 9.17) is 4.52 Å². The summed E-state index contributed by atoms with van der Waals surface area (Å²) in [5, 5.41) is 10.6. The van der Waals surface area contributed by atoms with Gasteiger partial charge in [0, 0.05) is 49.9 Å². The Morgan fingerprint density at radius 2 is 2.04 bits per heavy atom. The van der Waals surface area contributed by atoms with Gasteiger partial charge in [-0.1, -0.05) is 5.16 Å². The van der Waals surface area contributed by atoms with E-state index in [1.807, 2.05) is 15.9 Å². The third kappa shape index (κ3) is 3.11. The molecule has 8 heteroatoms. The summed E-state index contributed by atoms with van der Waals surface area (Å²) in [4.78, 5) is 28.7. The minimum atomic E-state index is -0.00700. The summed E-state index contributed by atoms with van der Waals surface area (Å²) in [5.41, 5.74) is 2.34. The Morgan fingerprint density at radius 1 is 1.27 bits per heavy atom. The van der Waals surface area contributed by atoms with E-state index in [2.05, 4.69) is 15.4 Å². The second kappa shape index (κ2) is 6.59. The van der Waals surface area contributed by atoms with E-state index in [1.165, 1.54) is 6.26 Å². The Morgan fingerprint density at radius 3 is 2.65 bits per heavy atom. The highest BCUT2D eigenvalue weighted by atomic mass is 16.5. The highest BCUT2D eigenvalue weighted by Gasteiger charge is 2.47. The van der Waals surface area contributed by atoms with Crippen LogP contribution in [0.5, 0.6) is 0 Å². The first-order valence-corrected chi connectivity index (χ1v) is 9.03. The molecule has 4 rings (SSSR count). The molecule has 2 amide bonds. The van der Waals surface area contributed by atoms with Gasteiger partial charge in [-0.3, -0.25) is 14.7 Å². The lowest BCUT2D eigenvalue weighted by atomic mass is 9.71. The van der Waals surface area contributed by atoms with Gasteiger partial charge in [-0.05, 0) is 32.3 Å². The van der Waals surface area contributed by atoms with E-state index in [9.17, 15) is 9.59 Å². The Balaban J connectivity index is 1.25. The van der Waals surface area contributed by atoms with Crippen molar-refractivity contribution in [2.75, 3.05) is 26.2 Å². The van der Waals surface area contributed by atoms with Crippen molar-refractivity contribution in [3.05, 3.63) is 35.5 Å². The molecule has 26 heavy (non-hydrogen) atoms. The van der Waals surface area contributed by atoms with E-state index >= 15 is 0 Å². The number of hydrogen-bond acceptors (Lipinski definition) is 5.